The van der Waals surface area contributed by atoms with Crippen LogP contribution in [0.25, 0.3) is 0 Å². The quantitative estimate of drug-likeness (QED) is 0.512. The molecule has 0 saturated carbocycles. The van der Waals surface area contributed by atoms with E-state index in [1.165, 1.54) is 6.92 Å². The fourth-order valence-electron chi connectivity index (χ4n) is 0.364. The average Bonchev–Trinajstić information content (AvgIpc) is 2.16. The van der Waals surface area contributed by atoms with Crippen molar-refractivity contribution in [3.05, 3.63) is 0 Å². The first-order valence-corrected chi connectivity index (χ1v) is 2.22. The molecule has 0 aliphatic carbocycles. The zero-order valence-electron chi connectivity index (χ0n) is 4.68. The van der Waals surface area contributed by atoms with Gasteiger partial charge in [0.25, 0.3) is 6.47 Å². The van der Waals surface area contributed by atoms with Crippen LogP contribution >= 0.6 is 0 Å². The van der Waals surface area contributed by atoms with E-state index in [0.29, 0.717) is 0 Å². The van der Waals surface area contributed by atoms with Gasteiger partial charge < -0.3 is 4.74 Å². The van der Waals surface area contributed by atoms with Gasteiger partial charge in [0.05, 0.1) is 0 Å². The van der Waals surface area contributed by atoms with Crippen molar-refractivity contribution in [1.82, 2.24) is 0 Å². The topological polar surface area (TPSA) is 75.7 Å². The molecule has 0 aromatic carbocycles. The van der Waals surface area contributed by atoms with E-state index < -0.39 is 5.85 Å². The monoisotopic (exact) mass is 128 g/mol. The summed E-state index contributed by atoms with van der Waals surface area (Å²) in [6.45, 7) is 1.73. The minimum atomic E-state index is -1.21. The van der Waals surface area contributed by atoms with Crippen LogP contribution in [0.4, 0.5) is 0 Å². The number of rotatable bonds is 2. The van der Waals surface area contributed by atoms with Gasteiger partial charge in [0.1, 0.15) is 0 Å². The molecule has 0 fully saturated rings. The summed E-state index contributed by atoms with van der Waals surface area (Å²) in [5.74, 6) is -1.21. The molecule has 0 spiro atoms. The number of carbonyl (C=O) groups is 1. The molecule has 1 heterocycles. The normalized spacial score (nSPS) is 20.1. The molecule has 0 aromatic rings. The first kappa shape index (κ1) is 5.80. The standard InChI is InChI=1S/C3H4N4O2/c1-3(9-2-8)4-6-7-5-3/h2H,1H3. The van der Waals surface area contributed by atoms with Crippen molar-refractivity contribution < 1.29 is 9.53 Å². The van der Waals surface area contributed by atoms with Gasteiger partial charge >= 0.3 is 5.85 Å². The Morgan fingerprint density at radius 2 is 2.00 bits per heavy atom. The van der Waals surface area contributed by atoms with E-state index in [1.807, 2.05) is 0 Å². The Kier molecular flexibility index (Phi) is 1.21. The molecule has 1 aliphatic heterocycles. The van der Waals surface area contributed by atoms with Crippen LogP contribution in [0.5, 0.6) is 0 Å². The largest absolute Gasteiger partial charge is 0.416 e. The van der Waals surface area contributed by atoms with Gasteiger partial charge in [-0.3, -0.25) is 4.79 Å². The summed E-state index contributed by atoms with van der Waals surface area (Å²) in [5, 5.41) is 13.1. The van der Waals surface area contributed by atoms with E-state index in [1.54, 1.807) is 0 Å². The lowest BCUT2D eigenvalue weighted by molar-refractivity contribution is -0.140. The summed E-state index contributed by atoms with van der Waals surface area (Å²) in [5.41, 5.74) is 0. The summed E-state index contributed by atoms with van der Waals surface area (Å²) >= 11 is 0. The zero-order chi connectivity index (χ0) is 6.74. The van der Waals surface area contributed by atoms with Gasteiger partial charge in [-0.05, 0) is 10.4 Å². The molecule has 48 valence electrons. The van der Waals surface area contributed by atoms with E-state index in [4.69, 9.17) is 0 Å². The molecule has 9 heavy (non-hydrogen) atoms. The van der Waals surface area contributed by atoms with Crippen LogP contribution in [-0.2, 0) is 9.53 Å². The zero-order valence-corrected chi connectivity index (χ0v) is 4.68. The van der Waals surface area contributed by atoms with Gasteiger partial charge in [-0.1, -0.05) is 10.2 Å². The van der Waals surface area contributed by atoms with E-state index in [-0.39, 0.29) is 6.47 Å². The van der Waals surface area contributed by atoms with Crippen LogP contribution in [0, 0.1) is 0 Å². The number of ether oxygens (including phenoxy) is 1. The van der Waals surface area contributed by atoms with Crippen molar-refractivity contribution in [2.45, 2.75) is 12.8 Å². The fraction of sp³-hybridized carbons (Fsp3) is 0.667. The molecular weight excluding hydrogens is 124 g/mol. The smallest absolute Gasteiger partial charge is 0.336 e. The highest BCUT2D eigenvalue weighted by Crippen LogP contribution is 2.18. The molecule has 6 heteroatoms. The number of carbonyl (C=O) groups excluding carboxylic acids is 1. The second-order valence-corrected chi connectivity index (χ2v) is 1.53. The maximum absolute atomic E-state index is 9.74. The number of nitrogens with zero attached hydrogens (tertiary/aromatic N) is 4. The first-order chi connectivity index (χ1) is 4.27. The molecule has 0 unspecified atom stereocenters. The minimum absolute atomic E-state index is 0.253. The van der Waals surface area contributed by atoms with Gasteiger partial charge in [0.15, 0.2) is 0 Å². The van der Waals surface area contributed by atoms with Gasteiger partial charge in [0, 0.05) is 6.92 Å². The third-order valence-electron chi connectivity index (χ3n) is 0.772. The van der Waals surface area contributed by atoms with Crippen molar-refractivity contribution in [2.24, 2.45) is 20.7 Å². The van der Waals surface area contributed by atoms with Crippen molar-refractivity contribution in [2.75, 3.05) is 0 Å². The van der Waals surface area contributed by atoms with Gasteiger partial charge in [-0.15, -0.1) is 0 Å². The van der Waals surface area contributed by atoms with Crippen LogP contribution in [0.3, 0.4) is 0 Å². The highest BCUT2D eigenvalue weighted by Gasteiger charge is 2.27. The predicted octanol–water partition coefficient (Wildman–Crippen LogP) is 0.666. The Balaban J connectivity index is 2.63. The van der Waals surface area contributed by atoms with E-state index in [2.05, 4.69) is 25.4 Å². The summed E-state index contributed by atoms with van der Waals surface area (Å²) in [6.07, 6.45) is 0. The number of hydrogen-bond acceptors (Lipinski definition) is 6. The SMILES string of the molecule is CC1(OC=O)N=NN=N1. The van der Waals surface area contributed by atoms with Gasteiger partial charge in [-0.25, -0.2) is 0 Å². The molecule has 0 bridgehead atoms. The molecule has 0 radical (unpaired) electrons. The third kappa shape index (κ3) is 1.07. The van der Waals surface area contributed by atoms with Crippen LogP contribution in [0.2, 0.25) is 0 Å². The molecule has 1 rings (SSSR count). The molecule has 0 saturated heterocycles. The second-order valence-electron chi connectivity index (χ2n) is 1.53. The molecular formula is C3H4N4O2. The Morgan fingerprint density at radius 1 is 1.44 bits per heavy atom. The molecule has 1 aliphatic rings. The van der Waals surface area contributed by atoms with Gasteiger partial charge in [-0.2, -0.15) is 0 Å². The summed E-state index contributed by atoms with van der Waals surface area (Å²) in [6, 6.07) is 0. The van der Waals surface area contributed by atoms with Crippen molar-refractivity contribution in [1.29, 1.82) is 0 Å². The summed E-state index contributed by atoms with van der Waals surface area (Å²) < 4.78 is 4.39. The lowest BCUT2D eigenvalue weighted by Crippen LogP contribution is -2.19. The summed E-state index contributed by atoms with van der Waals surface area (Å²) in [7, 11) is 0. The third-order valence-corrected chi connectivity index (χ3v) is 0.772. The Bertz CT molecular complexity index is 163. The Labute approximate surface area is 50.6 Å². The van der Waals surface area contributed by atoms with Crippen LogP contribution in [0.15, 0.2) is 20.7 Å². The second kappa shape index (κ2) is 1.88. The van der Waals surface area contributed by atoms with Crippen molar-refractivity contribution in [3.63, 3.8) is 0 Å². The number of hydrogen-bond donors (Lipinski definition) is 0. The van der Waals surface area contributed by atoms with Crippen LogP contribution < -0.4 is 0 Å². The average molecular weight is 128 g/mol. The van der Waals surface area contributed by atoms with Crippen molar-refractivity contribution >= 4 is 6.47 Å². The fourth-order valence-corrected chi connectivity index (χ4v) is 0.364. The molecule has 6 nitrogen and oxygen atoms in total. The highest BCUT2D eigenvalue weighted by molar-refractivity contribution is 5.38. The van der Waals surface area contributed by atoms with Crippen molar-refractivity contribution in [3.8, 4) is 0 Å². The predicted molar refractivity (Wildman–Crippen MR) is 25.3 cm³/mol. The van der Waals surface area contributed by atoms with Gasteiger partial charge in [0.2, 0.25) is 0 Å². The van der Waals surface area contributed by atoms with E-state index in [0.717, 1.165) is 0 Å². The van der Waals surface area contributed by atoms with E-state index >= 15 is 0 Å². The molecule has 0 N–H and O–H groups in total. The Hall–Kier alpha value is -1.33. The maximum Gasteiger partial charge on any atom is 0.336 e. The maximum atomic E-state index is 9.74. The Morgan fingerprint density at radius 3 is 2.44 bits per heavy atom. The lowest BCUT2D eigenvalue weighted by atomic mass is 10.5. The highest BCUT2D eigenvalue weighted by atomic mass is 16.6. The molecule has 0 aromatic heterocycles. The van der Waals surface area contributed by atoms with E-state index in [9.17, 15) is 4.79 Å². The first-order valence-electron chi connectivity index (χ1n) is 2.22. The lowest BCUT2D eigenvalue weighted by Gasteiger charge is -2.08. The van der Waals surface area contributed by atoms with Crippen LogP contribution in [0.1, 0.15) is 6.92 Å². The molecule has 0 amide bonds. The summed E-state index contributed by atoms with van der Waals surface area (Å²) in [4.78, 5) is 9.74. The molecule has 0 atom stereocenters. The minimum Gasteiger partial charge on any atom is -0.416 e. The van der Waals surface area contributed by atoms with Crippen LogP contribution in [-0.4, -0.2) is 12.3 Å².